The van der Waals surface area contributed by atoms with Crippen molar-refractivity contribution in [2.45, 2.75) is 6.92 Å². The Morgan fingerprint density at radius 2 is 1.81 bits per heavy atom. The summed E-state index contributed by atoms with van der Waals surface area (Å²) in [5, 5.41) is 8.25. The molecule has 0 aliphatic rings. The third-order valence-electron chi connectivity index (χ3n) is 4.86. The van der Waals surface area contributed by atoms with Gasteiger partial charge in [-0.15, -0.1) is 0 Å². The fourth-order valence-corrected chi connectivity index (χ4v) is 4.55. The average molecular weight is 489 g/mol. The largest absolute Gasteiger partial charge is 0.298 e. The number of hydrogen-bond acceptors (Lipinski definition) is 4. The molecule has 5 aromatic rings. The van der Waals surface area contributed by atoms with E-state index in [1.54, 1.807) is 10.9 Å². The number of hydrogen-bond donors (Lipinski definition) is 1. The monoisotopic (exact) mass is 488 g/mol. The van der Waals surface area contributed by atoms with Crippen LogP contribution in [0.2, 0.25) is 0 Å². The fraction of sp³-hybridized carbons (Fsp3) is 0.0417. The molecule has 7 heteroatoms. The van der Waals surface area contributed by atoms with Gasteiger partial charge in [0.05, 0.1) is 21.5 Å². The average Bonchev–Trinajstić information content (AvgIpc) is 3.39. The van der Waals surface area contributed by atoms with Gasteiger partial charge in [-0.25, -0.2) is 9.67 Å². The number of rotatable bonds is 4. The lowest BCUT2D eigenvalue weighted by Crippen LogP contribution is -2.12. The highest BCUT2D eigenvalue weighted by Gasteiger charge is 2.20. The van der Waals surface area contributed by atoms with E-state index in [9.17, 15) is 4.79 Å². The number of carbonyl (C=O) groups excluding carboxylic acids is 1. The molecule has 0 atom stereocenters. The maximum atomic E-state index is 13.3. The molecule has 2 aromatic heterocycles. The van der Waals surface area contributed by atoms with E-state index in [0.29, 0.717) is 16.4 Å². The SMILES string of the molecule is Cc1ccc2nc(NC(=O)c3cn(-c4ccccc4)nc3-c3ccc(Br)cc3)sc2c1. The van der Waals surface area contributed by atoms with Gasteiger partial charge in [0.15, 0.2) is 5.13 Å². The minimum absolute atomic E-state index is 0.240. The van der Waals surface area contributed by atoms with Crippen molar-refractivity contribution in [2.75, 3.05) is 5.32 Å². The molecule has 0 fully saturated rings. The van der Waals surface area contributed by atoms with Crippen LogP contribution in [-0.2, 0) is 0 Å². The zero-order valence-electron chi connectivity index (χ0n) is 16.5. The first-order valence-corrected chi connectivity index (χ1v) is 11.3. The van der Waals surface area contributed by atoms with Gasteiger partial charge in [0.25, 0.3) is 5.91 Å². The van der Waals surface area contributed by atoms with Crippen molar-refractivity contribution in [3.05, 3.63) is 94.6 Å². The molecule has 0 unspecified atom stereocenters. The van der Waals surface area contributed by atoms with Crippen LogP contribution in [0.15, 0.2) is 83.5 Å². The van der Waals surface area contributed by atoms with Gasteiger partial charge in [0.1, 0.15) is 5.69 Å². The number of amides is 1. The first-order chi connectivity index (χ1) is 15.1. The fourth-order valence-electron chi connectivity index (χ4n) is 3.32. The van der Waals surface area contributed by atoms with E-state index >= 15 is 0 Å². The summed E-state index contributed by atoms with van der Waals surface area (Å²) < 4.78 is 3.74. The number of carbonyl (C=O) groups is 1. The molecule has 0 saturated carbocycles. The van der Waals surface area contributed by atoms with Crippen molar-refractivity contribution in [3.8, 4) is 16.9 Å². The number of para-hydroxylation sites is 1. The lowest BCUT2D eigenvalue weighted by Gasteiger charge is -2.03. The minimum atomic E-state index is -0.240. The number of aromatic nitrogens is 3. The van der Waals surface area contributed by atoms with E-state index in [0.717, 1.165) is 31.5 Å². The summed E-state index contributed by atoms with van der Waals surface area (Å²) in [5.41, 5.74) is 4.89. The molecule has 5 nitrogen and oxygen atoms in total. The Hall–Kier alpha value is -3.29. The number of fused-ring (bicyclic) bond motifs is 1. The molecule has 31 heavy (non-hydrogen) atoms. The van der Waals surface area contributed by atoms with Crippen molar-refractivity contribution in [1.82, 2.24) is 14.8 Å². The predicted molar refractivity (Wildman–Crippen MR) is 129 cm³/mol. The van der Waals surface area contributed by atoms with E-state index in [-0.39, 0.29) is 5.91 Å². The third-order valence-corrected chi connectivity index (χ3v) is 6.32. The Bertz CT molecular complexity index is 1390. The number of aryl methyl sites for hydroxylation is 1. The van der Waals surface area contributed by atoms with Gasteiger partial charge in [-0.2, -0.15) is 5.10 Å². The van der Waals surface area contributed by atoms with Crippen LogP contribution in [-0.4, -0.2) is 20.7 Å². The van der Waals surface area contributed by atoms with Crippen LogP contribution in [0, 0.1) is 6.92 Å². The van der Waals surface area contributed by atoms with E-state index in [1.807, 2.05) is 73.7 Å². The summed E-state index contributed by atoms with van der Waals surface area (Å²) >= 11 is 4.93. The summed E-state index contributed by atoms with van der Waals surface area (Å²) in [6.45, 7) is 2.04. The zero-order valence-corrected chi connectivity index (χ0v) is 18.9. The maximum absolute atomic E-state index is 13.3. The van der Waals surface area contributed by atoms with Crippen LogP contribution in [0.5, 0.6) is 0 Å². The van der Waals surface area contributed by atoms with Crippen LogP contribution in [0.1, 0.15) is 15.9 Å². The molecular weight excluding hydrogens is 472 g/mol. The second kappa shape index (κ2) is 8.09. The first kappa shape index (κ1) is 19.7. The maximum Gasteiger partial charge on any atom is 0.261 e. The smallest absolute Gasteiger partial charge is 0.261 e. The normalized spacial score (nSPS) is 11.0. The molecule has 0 spiro atoms. The highest BCUT2D eigenvalue weighted by Crippen LogP contribution is 2.29. The Morgan fingerprint density at radius 1 is 1.03 bits per heavy atom. The Kier molecular flexibility index (Phi) is 5.13. The van der Waals surface area contributed by atoms with Gasteiger partial charge >= 0.3 is 0 Å². The molecule has 0 aliphatic carbocycles. The van der Waals surface area contributed by atoms with E-state index < -0.39 is 0 Å². The van der Waals surface area contributed by atoms with Crippen molar-refractivity contribution in [1.29, 1.82) is 0 Å². The van der Waals surface area contributed by atoms with Gasteiger partial charge in [-0.3, -0.25) is 10.1 Å². The molecule has 2 heterocycles. The molecule has 0 radical (unpaired) electrons. The summed E-state index contributed by atoms with van der Waals surface area (Å²) in [7, 11) is 0. The van der Waals surface area contributed by atoms with Gasteiger partial charge in [-0.1, -0.05) is 63.7 Å². The van der Waals surface area contributed by atoms with Gasteiger partial charge in [0.2, 0.25) is 0 Å². The molecule has 0 bridgehead atoms. The molecule has 1 amide bonds. The number of nitrogens with one attached hydrogen (secondary N) is 1. The van der Waals surface area contributed by atoms with E-state index in [2.05, 4.69) is 32.3 Å². The second-order valence-electron chi connectivity index (χ2n) is 7.12. The Balaban J connectivity index is 1.54. The highest BCUT2D eigenvalue weighted by molar-refractivity contribution is 9.10. The number of benzene rings is 3. The number of halogens is 1. The van der Waals surface area contributed by atoms with Crippen LogP contribution in [0.4, 0.5) is 5.13 Å². The van der Waals surface area contributed by atoms with Crippen molar-refractivity contribution >= 4 is 48.5 Å². The van der Waals surface area contributed by atoms with Crippen LogP contribution in [0.3, 0.4) is 0 Å². The van der Waals surface area contributed by atoms with Crippen LogP contribution < -0.4 is 5.32 Å². The molecule has 0 aliphatic heterocycles. The minimum Gasteiger partial charge on any atom is -0.298 e. The van der Waals surface area contributed by atoms with Crippen molar-refractivity contribution in [2.24, 2.45) is 0 Å². The van der Waals surface area contributed by atoms with E-state index in [1.165, 1.54) is 11.3 Å². The third kappa shape index (κ3) is 4.02. The molecule has 1 N–H and O–H groups in total. The first-order valence-electron chi connectivity index (χ1n) is 9.66. The van der Waals surface area contributed by atoms with E-state index in [4.69, 9.17) is 5.10 Å². The second-order valence-corrected chi connectivity index (χ2v) is 9.07. The zero-order chi connectivity index (χ0) is 21.4. The van der Waals surface area contributed by atoms with Gasteiger partial charge in [0, 0.05) is 16.2 Å². The van der Waals surface area contributed by atoms with Crippen LogP contribution >= 0.6 is 27.3 Å². The molecule has 152 valence electrons. The number of nitrogens with zero attached hydrogens (tertiary/aromatic N) is 3. The number of thiazole rings is 1. The molecule has 3 aromatic carbocycles. The van der Waals surface area contributed by atoms with Gasteiger partial charge in [-0.05, 0) is 48.9 Å². The standard InChI is InChI=1S/C24H17BrN4OS/c1-15-7-12-20-21(13-15)31-24(26-20)27-23(30)19-14-29(18-5-3-2-4-6-18)28-22(19)16-8-10-17(25)11-9-16/h2-14H,1H3,(H,26,27,30). The topological polar surface area (TPSA) is 59.8 Å². The summed E-state index contributed by atoms with van der Waals surface area (Å²) in [6, 6.07) is 23.6. The lowest BCUT2D eigenvalue weighted by atomic mass is 10.1. The molecular formula is C24H17BrN4OS. The number of anilines is 1. The van der Waals surface area contributed by atoms with Crippen molar-refractivity contribution < 1.29 is 4.79 Å². The molecule has 5 rings (SSSR count). The Morgan fingerprint density at radius 3 is 2.58 bits per heavy atom. The quantitative estimate of drug-likeness (QED) is 0.315. The molecule has 0 saturated heterocycles. The van der Waals surface area contributed by atoms with Gasteiger partial charge < -0.3 is 0 Å². The van der Waals surface area contributed by atoms with Crippen LogP contribution in [0.25, 0.3) is 27.2 Å². The summed E-state index contributed by atoms with van der Waals surface area (Å²) in [5.74, 6) is -0.240. The van der Waals surface area contributed by atoms with Crippen molar-refractivity contribution in [3.63, 3.8) is 0 Å². The Labute approximate surface area is 191 Å². The predicted octanol–water partition coefficient (Wildman–Crippen LogP) is 6.47. The summed E-state index contributed by atoms with van der Waals surface area (Å²) in [4.78, 5) is 17.8. The highest BCUT2D eigenvalue weighted by atomic mass is 79.9. The summed E-state index contributed by atoms with van der Waals surface area (Å²) in [6.07, 6.45) is 1.76. The lowest BCUT2D eigenvalue weighted by molar-refractivity contribution is 0.102.